The van der Waals surface area contributed by atoms with Crippen LogP contribution in [0.3, 0.4) is 0 Å². The van der Waals surface area contributed by atoms with E-state index in [1.165, 1.54) is 31.4 Å². The molecule has 0 aromatic heterocycles. The molecule has 0 fully saturated rings. The first kappa shape index (κ1) is 20.4. The second kappa shape index (κ2) is 9.18. The standard InChI is InChI=1S/C19H18F3NO4/c1-26-18(25)16-8-2-13(3-9-16)10-23-17(24)15-6-4-14(5-7-15)11-27-12-19(20,21)22/h2-9H,10-12H2,1H3,(H,23,24). The Morgan fingerprint density at radius 2 is 1.48 bits per heavy atom. The minimum absolute atomic E-state index is 0.187. The molecule has 27 heavy (non-hydrogen) atoms. The maximum Gasteiger partial charge on any atom is 0.411 e. The SMILES string of the molecule is COC(=O)c1ccc(CNC(=O)c2ccc(COCC(F)(F)F)cc2)cc1. The summed E-state index contributed by atoms with van der Waals surface area (Å²) in [7, 11) is 1.30. The Morgan fingerprint density at radius 1 is 0.926 bits per heavy atom. The number of esters is 1. The minimum atomic E-state index is -4.37. The van der Waals surface area contributed by atoms with E-state index in [1.54, 1.807) is 24.3 Å². The van der Waals surface area contributed by atoms with Crippen LogP contribution >= 0.6 is 0 Å². The van der Waals surface area contributed by atoms with Gasteiger partial charge >= 0.3 is 12.1 Å². The smallest absolute Gasteiger partial charge is 0.411 e. The van der Waals surface area contributed by atoms with Crippen LogP contribution < -0.4 is 5.32 Å². The summed E-state index contributed by atoms with van der Waals surface area (Å²) in [6.07, 6.45) is -4.37. The van der Waals surface area contributed by atoms with Crippen molar-refractivity contribution < 1.29 is 32.2 Å². The molecule has 8 heteroatoms. The van der Waals surface area contributed by atoms with E-state index < -0.39 is 18.8 Å². The zero-order chi connectivity index (χ0) is 19.9. The highest BCUT2D eigenvalue weighted by Crippen LogP contribution is 2.16. The Morgan fingerprint density at radius 3 is 2.04 bits per heavy atom. The number of amides is 1. The lowest BCUT2D eigenvalue weighted by Gasteiger charge is -2.09. The molecule has 0 unspecified atom stereocenters. The molecule has 0 radical (unpaired) electrons. The summed E-state index contributed by atoms with van der Waals surface area (Å²) in [6.45, 7) is -1.24. The summed E-state index contributed by atoms with van der Waals surface area (Å²) in [5.41, 5.74) is 2.12. The molecule has 0 aliphatic heterocycles. The predicted molar refractivity (Wildman–Crippen MR) is 91.1 cm³/mol. The fraction of sp³-hybridized carbons (Fsp3) is 0.263. The number of halogens is 3. The molecule has 0 aliphatic rings. The molecular formula is C19H18F3NO4. The monoisotopic (exact) mass is 381 g/mol. The number of hydrogen-bond donors (Lipinski definition) is 1. The molecule has 0 spiro atoms. The van der Waals surface area contributed by atoms with Crippen LogP contribution in [-0.4, -0.2) is 31.8 Å². The van der Waals surface area contributed by atoms with Crippen molar-refractivity contribution in [2.24, 2.45) is 0 Å². The molecule has 144 valence electrons. The Hall–Kier alpha value is -2.87. The van der Waals surface area contributed by atoms with Gasteiger partial charge in [0.25, 0.3) is 5.91 Å². The van der Waals surface area contributed by atoms with Crippen LogP contribution in [0.25, 0.3) is 0 Å². The van der Waals surface area contributed by atoms with Crippen molar-refractivity contribution in [1.29, 1.82) is 0 Å². The summed E-state index contributed by atoms with van der Waals surface area (Å²) >= 11 is 0. The first-order chi connectivity index (χ1) is 12.8. The normalized spacial score (nSPS) is 11.1. The average Bonchev–Trinajstić information content (AvgIpc) is 2.65. The summed E-state index contributed by atoms with van der Waals surface area (Å²) < 4.78 is 45.3. The van der Waals surface area contributed by atoms with E-state index in [9.17, 15) is 22.8 Å². The molecule has 1 N–H and O–H groups in total. The van der Waals surface area contributed by atoms with E-state index in [1.807, 2.05) is 0 Å². The largest absolute Gasteiger partial charge is 0.465 e. The van der Waals surface area contributed by atoms with E-state index in [2.05, 4.69) is 14.8 Å². The van der Waals surface area contributed by atoms with Gasteiger partial charge in [0.15, 0.2) is 0 Å². The summed E-state index contributed by atoms with van der Waals surface area (Å²) in [6, 6.07) is 12.7. The average molecular weight is 381 g/mol. The van der Waals surface area contributed by atoms with Crippen LogP contribution in [-0.2, 0) is 22.6 Å². The predicted octanol–water partition coefficient (Wildman–Crippen LogP) is 3.48. The maximum atomic E-state index is 12.1. The first-order valence-electron chi connectivity index (χ1n) is 7.97. The first-order valence-corrected chi connectivity index (χ1v) is 7.97. The fourth-order valence-corrected chi connectivity index (χ4v) is 2.20. The van der Waals surface area contributed by atoms with Crippen LogP contribution in [0.5, 0.6) is 0 Å². The van der Waals surface area contributed by atoms with Crippen LogP contribution in [0, 0.1) is 0 Å². The third kappa shape index (κ3) is 6.74. The highest BCUT2D eigenvalue weighted by Gasteiger charge is 2.27. The van der Waals surface area contributed by atoms with E-state index in [0.717, 1.165) is 5.56 Å². The summed E-state index contributed by atoms with van der Waals surface area (Å²) in [5.74, 6) is -0.764. The van der Waals surface area contributed by atoms with Gasteiger partial charge in [0, 0.05) is 12.1 Å². The van der Waals surface area contributed by atoms with Gasteiger partial charge in [0.1, 0.15) is 6.61 Å². The zero-order valence-corrected chi connectivity index (χ0v) is 14.5. The minimum Gasteiger partial charge on any atom is -0.465 e. The van der Waals surface area contributed by atoms with Gasteiger partial charge in [-0.25, -0.2) is 4.79 Å². The lowest BCUT2D eigenvalue weighted by molar-refractivity contribution is -0.176. The quantitative estimate of drug-likeness (QED) is 0.746. The van der Waals surface area contributed by atoms with Crippen molar-refractivity contribution in [2.75, 3.05) is 13.7 Å². The molecule has 0 saturated heterocycles. The van der Waals surface area contributed by atoms with Crippen LogP contribution in [0.1, 0.15) is 31.8 Å². The van der Waals surface area contributed by atoms with Crippen molar-refractivity contribution in [3.8, 4) is 0 Å². The van der Waals surface area contributed by atoms with Gasteiger partial charge in [-0.1, -0.05) is 24.3 Å². The lowest BCUT2D eigenvalue weighted by Crippen LogP contribution is -2.22. The van der Waals surface area contributed by atoms with Crippen molar-refractivity contribution in [2.45, 2.75) is 19.3 Å². The van der Waals surface area contributed by atoms with E-state index in [-0.39, 0.29) is 19.1 Å². The second-order valence-electron chi connectivity index (χ2n) is 5.68. The topological polar surface area (TPSA) is 64.6 Å². The number of hydrogen-bond acceptors (Lipinski definition) is 4. The number of ether oxygens (including phenoxy) is 2. The van der Waals surface area contributed by atoms with E-state index >= 15 is 0 Å². The molecular weight excluding hydrogens is 363 g/mol. The molecule has 5 nitrogen and oxygen atoms in total. The molecule has 2 aromatic carbocycles. The number of alkyl halides is 3. The molecule has 0 aliphatic carbocycles. The van der Waals surface area contributed by atoms with E-state index in [0.29, 0.717) is 16.7 Å². The second-order valence-corrected chi connectivity index (χ2v) is 5.68. The lowest BCUT2D eigenvalue weighted by atomic mass is 10.1. The van der Waals surface area contributed by atoms with Crippen LogP contribution in [0.2, 0.25) is 0 Å². The molecule has 1 amide bonds. The summed E-state index contributed by atoms with van der Waals surface area (Å²) in [5, 5.41) is 2.73. The molecule has 0 atom stereocenters. The van der Waals surface area contributed by atoms with Gasteiger partial charge in [-0.2, -0.15) is 13.2 Å². The Labute approximate surface area is 154 Å². The molecule has 0 saturated carbocycles. The highest BCUT2D eigenvalue weighted by atomic mass is 19.4. The van der Waals surface area contributed by atoms with Crippen molar-refractivity contribution >= 4 is 11.9 Å². The van der Waals surface area contributed by atoms with Gasteiger partial charge in [0.05, 0.1) is 19.3 Å². The fourth-order valence-electron chi connectivity index (χ4n) is 2.20. The van der Waals surface area contributed by atoms with Gasteiger partial charge in [-0.05, 0) is 35.4 Å². The number of carbonyl (C=O) groups is 2. The van der Waals surface area contributed by atoms with Crippen molar-refractivity contribution in [3.05, 3.63) is 70.8 Å². The number of benzene rings is 2. The van der Waals surface area contributed by atoms with Gasteiger partial charge in [-0.3, -0.25) is 4.79 Å². The maximum absolute atomic E-state index is 12.1. The number of rotatable bonds is 7. The zero-order valence-electron chi connectivity index (χ0n) is 14.5. The van der Waals surface area contributed by atoms with Gasteiger partial charge < -0.3 is 14.8 Å². The Balaban J connectivity index is 1.84. The third-order valence-electron chi connectivity index (χ3n) is 3.58. The third-order valence-corrected chi connectivity index (χ3v) is 3.58. The highest BCUT2D eigenvalue weighted by molar-refractivity contribution is 5.94. The number of methoxy groups -OCH3 is 1. The number of nitrogens with one attached hydrogen (secondary N) is 1. The van der Waals surface area contributed by atoms with Gasteiger partial charge in [-0.15, -0.1) is 0 Å². The van der Waals surface area contributed by atoms with Crippen molar-refractivity contribution in [1.82, 2.24) is 5.32 Å². The molecule has 2 aromatic rings. The molecule has 2 rings (SSSR count). The van der Waals surface area contributed by atoms with Gasteiger partial charge in [0.2, 0.25) is 0 Å². The van der Waals surface area contributed by atoms with Crippen molar-refractivity contribution in [3.63, 3.8) is 0 Å². The van der Waals surface area contributed by atoms with Crippen LogP contribution in [0.4, 0.5) is 13.2 Å². The molecule has 0 bridgehead atoms. The van der Waals surface area contributed by atoms with E-state index in [4.69, 9.17) is 0 Å². The summed E-state index contributed by atoms with van der Waals surface area (Å²) in [4.78, 5) is 23.5. The molecule has 0 heterocycles. The Kier molecular flexibility index (Phi) is 6.95. The number of carbonyl (C=O) groups excluding carboxylic acids is 2. The van der Waals surface area contributed by atoms with Crippen LogP contribution in [0.15, 0.2) is 48.5 Å². The Bertz CT molecular complexity index is 771.